The molecule has 3 aromatic carbocycles. The van der Waals surface area contributed by atoms with E-state index in [9.17, 15) is 19.8 Å². The third-order valence-corrected chi connectivity index (χ3v) is 6.36. The van der Waals surface area contributed by atoms with Gasteiger partial charge >= 0.3 is 0 Å². The summed E-state index contributed by atoms with van der Waals surface area (Å²) < 4.78 is 6.56. The maximum Gasteiger partial charge on any atom is 0.263 e. The Kier molecular flexibility index (Phi) is 6.45. The van der Waals surface area contributed by atoms with Crippen LogP contribution in [0.2, 0.25) is 0 Å². The van der Waals surface area contributed by atoms with E-state index >= 15 is 0 Å². The molecule has 3 N–H and O–H groups in total. The van der Waals surface area contributed by atoms with Crippen molar-refractivity contribution < 1.29 is 24.5 Å². The van der Waals surface area contributed by atoms with E-state index in [1.165, 1.54) is 12.1 Å². The van der Waals surface area contributed by atoms with Crippen LogP contribution in [0.5, 0.6) is 17.2 Å². The summed E-state index contributed by atoms with van der Waals surface area (Å²) in [7, 11) is 0. The van der Waals surface area contributed by atoms with Gasteiger partial charge in [-0.2, -0.15) is 0 Å². The van der Waals surface area contributed by atoms with E-state index in [1.807, 2.05) is 6.07 Å². The second-order valence-electron chi connectivity index (χ2n) is 8.12. The highest BCUT2D eigenvalue weighted by atomic mass is 32.2. The van der Waals surface area contributed by atoms with Crippen LogP contribution in [0.15, 0.2) is 71.6 Å². The minimum atomic E-state index is -1.19. The number of phenols is 2. The minimum absolute atomic E-state index is 0.187. The first kappa shape index (κ1) is 23.5. The van der Waals surface area contributed by atoms with E-state index in [-0.39, 0.29) is 23.2 Å². The predicted molar refractivity (Wildman–Crippen MR) is 137 cm³/mol. The summed E-state index contributed by atoms with van der Waals surface area (Å²) in [4.78, 5) is 25.8. The van der Waals surface area contributed by atoms with Gasteiger partial charge in [0.2, 0.25) is 5.78 Å². The summed E-state index contributed by atoms with van der Waals surface area (Å²) in [5.41, 5.74) is 1.27. The maximum atomic E-state index is 13.1. The van der Waals surface area contributed by atoms with Gasteiger partial charge in [0.1, 0.15) is 10.1 Å². The first-order valence-electron chi connectivity index (χ1n) is 10.3. The van der Waals surface area contributed by atoms with Gasteiger partial charge in [-0.3, -0.25) is 9.59 Å². The molecule has 34 heavy (non-hydrogen) atoms. The highest BCUT2D eigenvalue weighted by Gasteiger charge is 2.32. The Morgan fingerprint density at radius 2 is 1.68 bits per heavy atom. The zero-order chi connectivity index (χ0) is 24.5. The van der Waals surface area contributed by atoms with Crippen molar-refractivity contribution in [1.82, 2.24) is 5.32 Å². The number of ether oxygens (including phenoxy) is 1. The van der Waals surface area contributed by atoms with E-state index in [0.717, 1.165) is 11.8 Å². The molecule has 6 nitrogen and oxygen atoms in total. The molecule has 4 rings (SSSR count). The van der Waals surface area contributed by atoms with Crippen LogP contribution >= 0.6 is 24.0 Å². The van der Waals surface area contributed by atoms with Gasteiger partial charge in [-0.25, -0.2) is 0 Å². The van der Waals surface area contributed by atoms with E-state index < -0.39 is 5.60 Å². The number of carbonyl (C=O) groups is 2. The Labute approximate surface area is 206 Å². The van der Waals surface area contributed by atoms with Gasteiger partial charge < -0.3 is 20.3 Å². The van der Waals surface area contributed by atoms with Crippen molar-refractivity contribution in [2.45, 2.75) is 19.4 Å². The number of phenolic OH excluding ortho intramolecular Hbond substituents is 2. The third kappa shape index (κ3) is 4.98. The van der Waals surface area contributed by atoms with E-state index in [4.69, 9.17) is 17.0 Å². The Bertz CT molecular complexity index is 1330. The summed E-state index contributed by atoms with van der Waals surface area (Å²) in [6.45, 7) is 3.38. The molecule has 1 saturated heterocycles. The number of rotatable bonds is 6. The Morgan fingerprint density at radius 3 is 2.32 bits per heavy atom. The van der Waals surface area contributed by atoms with Crippen LogP contribution in [0, 0.1) is 0 Å². The molecular formula is C26H21NO5S2. The Balaban J connectivity index is 1.76. The molecule has 1 heterocycles. The maximum absolute atomic E-state index is 13.1. The fourth-order valence-electron chi connectivity index (χ4n) is 3.46. The smallest absolute Gasteiger partial charge is 0.263 e. The third-order valence-electron chi connectivity index (χ3n) is 5.20. The summed E-state index contributed by atoms with van der Waals surface area (Å²) in [5, 5.41) is 22.1. The number of aromatic hydroxyl groups is 2. The van der Waals surface area contributed by atoms with Crippen molar-refractivity contribution in [3.05, 3.63) is 82.8 Å². The minimum Gasteiger partial charge on any atom is -0.504 e. The molecule has 172 valence electrons. The number of benzene rings is 3. The van der Waals surface area contributed by atoms with Crippen molar-refractivity contribution in [3.8, 4) is 28.4 Å². The second-order valence-corrected chi connectivity index (χ2v) is 9.83. The first-order chi connectivity index (χ1) is 16.1. The number of ketones is 1. The molecular weight excluding hydrogens is 470 g/mol. The molecule has 0 bridgehead atoms. The number of hydrogen-bond donors (Lipinski definition) is 3. The quantitative estimate of drug-likeness (QED) is 0.187. The largest absolute Gasteiger partial charge is 0.504 e. The fourth-order valence-corrected chi connectivity index (χ4v) is 4.49. The van der Waals surface area contributed by atoms with Gasteiger partial charge in [-0.15, -0.1) is 0 Å². The number of Topliss-reactive ketones (excluding diaryl/α,β-unsaturated/α-hetero) is 1. The monoisotopic (exact) mass is 491 g/mol. The molecule has 0 unspecified atom stereocenters. The van der Waals surface area contributed by atoms with Gasteiger partial charge in [0.05, 0.1) is 4.91 Å². The van der Waals surface area contributed by atoms with Crippen LogP contribution in [-0.4, -0.2) is 31.8 Å². The van der Waals surface area contributed by atoms with Gasteiger partial charge in [-0.05, 0) is 55.3 Å². The van der Waals surface area contributed by atoms with Crippen LogP contribution in [0.25, 0.3) is 17.2 Å². The van der Waals surface area contributed by atoms with Crippen molar-refractivity contribution in [2.75, 3.05) is 0 Å². The topological polar surface area (TPSA) is 95.9 Å². The predicted octanol–water partition coefficient (Wildman–Crippen LogP) is 5.29. The van der Waals surface area contributed by atoms with Crippen molar-refractivity contribution >= 4 is 46.1 Å². The van der Waals surface area contributed by atoms with Crippen molar-refractivity contribution in [3.63, 3.8) is 0 Å². The van der Waals surface area contributed by atoms with E-state index in [1.54, 1.807) is 68.5 Å². The lowest BCUT2D eigenvalue weighted by Crippen LogP contribution is -2.38. The molecule has 0 radical (unpaired) electrons. The molecule has 8 heteroatoms. The average Bonchev–Trinajstić information content (AvgIpc) is 3.13. The van der Waals surface area contributed by atoms with Gasteiger partial charge in [0.15, 0.2) is 17.1 Å². The zero-order valence-corrected chi connectivity index (χ0v) is 20.0. The SMILES string of the molecule is CC(C)(Oc1ccc(-c2ccc(O)c(O)c2)cc1/C=C1/SC(=S)NC1=O)C(=O)c1ccccc1. The second kappa shape index (κ2) is 9.32. The molecule has 1 fully saturated rings. The van der Waals surface area contributed by atoms with Crippen molar-refractivity contribution in [2.24, 2.45) is 0 Å². The van der Waals surface area contributed by atoms with Gasteiger partial charge in [0.25, 0.3) is 5.91 Å². The fraction of sp³-hybridized carbons (Fsp3) is 0.115. The van der Waals surface area contributed by atoms with Gasteiger partial charge in [-0.1, -0.05) is 66.4 Å². The zero-order valence-electron chi connectivity index (χ0n) is 18.4. The summed E-state index contributed by atoms with van der Waals surface area (Å²) in [6.07, 6.45) is 1.65. The molecule has 1 aliphatic rings. The number of carbonyl (C=O) groups excluding carboxylic acids is 2. The van der Waals surface area contributed by atoms with E-state index in [2.05, 4.69) is 5.32 Å². The molecule has 0 aliphatic carbocycles. The lowest BCUT2D eigenvalue weighted by atomic mass is 9.96. The van der Waals surface area contributed by atoms with Crippen LogP contribution < -0.4 is 10.1 Å². The van der Waals surface area contributed by atoms with Gasteiger partial charge in [0, 0.05) is 11.1 Å². The highest BCUT2D eigenvalue weighted by Crippen LogP contribution is 2.36. The molecule has 3 aromatic rings. The molecule has 0 saturated carbocycles. The van der Waals surface area contributed by atoms with Crippen LogP contribution in [0.1, 0.15) is 29.8 Å². The number of hydrogen-bond acceptors (Lipinski definition) is 7. The molecule has 1 aliphatic heterocycles. The first-order valence-corrected chi connectivity index (χ1v) is 11.6. The lowest BCUT2D eigenvalue weighted by molar-refractivity contribution is -0.115. The molecule has 0 atom stereocenters. The normalized spacial score (nSPS) is 14.8. The summed E-state index contributed by atoms with van der Waals surface area (Å²) in [6, 6.07) is 18.7. The highest BCUT2D eigenvalue weighted by molar-refractivity contribution is 8.26. The number of thioether (sulfide) groups is 1. The number of nitrogens with one attached hydrogen (secondary N) is 1. The van der Waals surface area contributed by atoms with E-state index in [0.29, 0.717) is 37.2 Å². The average molecular weight is 492 g/mol. The Hall–Kier alpha value is -3.62. The Morgan fingerprint density at radius 1 is 1.00 bits per heavy atom. The van der Waals surface area contributed by atoms with Crippen LogP contribution in [0.3, 0.4) is 0 Å². The molecule has 0 aromatic heterocycles. The van der Waals surface area contributed by atoms with Crippen LogP contribution in [0.4, 0.5) is 0 Å². The number of thiocarbonyl (C=S) groups is 1. The van der Waals surface area contributed by atoms with Crippen LogP contribution in [-0.2, 0) is 4.79 Å². The molecule has 1 amide bonds. The molecule has 0 spiro atoms. The number of amides is 1. The standard InChI is InChI=1S/C26H21NO5S2/c1-26(2,23(30)15-6-4-3-5-7-15)32-21-11-9-16(17-8-10-19(28)20(29)13-17)12-18(21)14-22-24(31)27-25(33)34-22/h3-14,28-29H,1-2H3,(H,27,31,33)/b22-14+. The summed E-state index contributed by atoms with van der Waals surface area (Å²) in [5.74, 6) is -0.565. The summed E-state index contributed by atoms with van der Waals surface area (Å²) >= 11 is 6.23. The van der Waals surface area contributed by atoms with Crippen molar-refractivity contribution in [1.29, 1.82) is 0 Å². The lowest BCUT2D eigenvalue weighted by Gasteiger charge is -2.26.